The first-order chi connectivity index (χ1) is 10.0. The number of urea groups is 1. The van der Waals surface area contributed by atoms with Gasteiger partial charge in [-0.1, -0.05) is 17.7 Å². The number of halogens is 2. The number of benzene rings is 1. The Morgan fingerprint density at radius 3 is 2.67 bits per heavy atom. The summed E-state index contributed by atoms with van der Waals surface area (Å²) < 4.78 is 13.8. The minimum Gasteiger partial charge on any atom is -0.323 e. The number of hydrogen-bond donors (Lipinski definition) is 2. The minimum absolute atomic E-state index is 0.0805. The van der Waals surface area contributed by atoms with Crippen LogP contribution in [-0.4, -0.2) is 35.5 Å². The van der Waals surface area contributed by atoms with Crippen LogP contribution in [0.3, 0.4) is 0 Å². The molecule has 1 aromatic rings. The third kappa shape index (κ3) is 2.49. The molecule has 3 amide bonds. The van der Waals surface area contributed by atoms with Crippen LogP contribution in [0, 0.1) is 5.82 Å². The molecule has 7 heteroatoms. The smallest absolute Gasteiger partial charge is 0.323 e. The molecule has 0 aliphatic carbocycles. The quantitative estimate of drug-likeness (QED) is 0.817. The Labute approximate surface area is 126 Å². The SMILES string of the molecule is O=C1NC2(CCNCC2)C(=O)N1Cc1ccc(Cl)cc1F. The third-order valence-electron chi connectivity index (χ3n) is 4.05. The van der Waals surface area contributed by atoms with E-state index in [1.54, 1.807) is 6.07 Å². The fraction of sp³-hybridized carbons (Fsp3) is 0.429. The summed E-state index contributed by atoms with van der Waals surface area (Å²) in [5.41, 5.74) is -0.556. The van der Waals surface area contributed by atoms with Crippen molar-refractivity contribution in [3.8, 4) is 0 Å². The van der Waals surface area contributed by atoms with E-state index in [-0.39, 0.29) is 23.0 Å². The fourth-order valence-corrected chi connectivity index (χ4v) is 2.99. The number of rotatable bonds is 2. The number of hydrogen-bond acceptors (Lipinski definition) is 3. The second-order valence-corrected chi connectivity index (χ2v) is 5.83. The summed E-state index contributed by atoms with van der Waals surface area (Å²) in [4.78, 5) is 25.7. The van der Waals surface area contributed by atoms with Crippen LogP contribution in [0.5, 0.6) is 0 Å². The average molecular weight is 312 g/mol. The van der Waals surface area contributed by atoms with Gasteiger partial charge < -0.3 is 10.6 Å². The molecule has 3 rings (SSSR count). The number of nitrogens with zero attached hydrogens (tertiary/aromatic N) is 1. The molecule has 21 heavy (non-hydrogen) atoms. The van der Waals surface area contributed by atoms with Crippen LogP contribution in [0.2, 0.25) is 5.02 Å². The van der Waals surface area contributed by atoms with Crippen molar-refractivity contribution in [2.75, 3.05) is 13.1 Å². The summed E-state index contributed by atoms with van der Waals surface area (Å²) in [6.45, 7) is 1.27. The second kappa shape index (κ2) is 5.27. The Morgan fingerprint density at radius 1 is 1.29 bits per heavy atom. The molecule has 2 aliphatic heterocycles. The van der Waals surface area contributed by atoms with Gasteiger partial charge in [-0.2, -0.15) is 0 Å². The zero-order valence-corrected chi connectivity index (χ0v) is 12.0. The monoisotopic (exact) mass is 311 g/mol. The molecule has 0 saturated carbocycles. The maximum Gasteiger partial charge on any atom is 0.325 e. The van der Waals surface area contributed by atoms with Gasteiger partial charge in [-0.05, 0) is 38.1 Å². The van der Waals surface area contributed by atoms with E-state index in [0.29, 0.717) is 25.9 Å². The van der Waals surface area contributed by atoms with E-state index in [2.05, 4.69) is 10.6 Å². The van der Waals surface area contributed by atoms with Crippen LogP contribution in [0.1, 0.15) is 18.4 Å². The molecular weight excluding hydrogens is 297 g/mol. The van der Waals surface area contributed by atoms with Crippen LogP contribution in [0.25, 0.3) is 0 Å². The van der Waals surface area contributed by atoms with Crippen LogP contribution in [0.4, 0.5) is 9.18 Å². The van der Waals surface area contributed by atoms with E-state index in [4.69, 9.17) is 11.6 Å². The Hall–Kier alpha value is -1.66. The third-order valence-corrected chi connectivity index (χ3v) is 4.28. The molecule has 0 bridgehead atoms. The Balaban J connectivity index is 1.82. The van der Waals surface area contributed by atoms with Crippen molar-refractivity contribution >= 4 is 23.5 Å². The molecule has 0 radical (unpaired) electrons. The highest BCUT2D eigenvalue weighted by atomic mass is 35.5. The maximum absolute atomic E-state index is 13.8. The van der Waals surface area contributed by atoms with Gasteiger partial charge in [0.15, 0.2) is 0 Å². The molecule has 2 N–H and O–H groups in total. The van der Waals surface area contributed by atoms with Crippen LogP contribution in [0.15, 0.2) is 18.2 Å². The van der Waals surface area contributed by atoms with Crippen molar-refractivity contribution in [2.45, 2.75) is 24.9 Å². The molecule has 112 valence electrons. The number of carbonyl (C=O) groups is 2. The number of imide groups is 1. The molecule has 2 heterocycles. The lowest BCUT2D eigenvalue weighted by molar-refractivity contribution is -0.132. The van der Waals surface area contributed by atoms with Crippen LogP contribution < -0.4 is 10.6 Å². The molecule has 1 aromatic carbocycles. The molecule has 2 aliphatic rings. The van der Waals surface area contributed by atoms with Crippen LogP contribution in [-0.2, 0) is 11.3 Å². The predicted octanol–water partition coefficient (Wildman–Crippen LogP) is 1.65. The number of nitrogens with one attached hydrogen (secondary N) is 2. The average Bonchev–Trinajstić information content (AvgIpc) is 2.67. The first-order valence-electron chi connectivity index (χ1n) is 6.81. The highest BCUT2D eigenvalue weighted by molar-refractivity contribution is 6.30. The summed E-state index contributed by atoms with van der Waals surface area (Å²) in [7, 11) is 0. The lowest BCUT2D eigenvalue weighted by atomic mass is 9.88. The van der Waals surface area contributed by atoms with Crippen molar-refractivity contribution in [1.82, 2.24) is 15.5 Å². The molecular formula is C14H15ClFN3O2. The van der Waals surface area contributed by atoms with E-state index in [1.807, 2.05) is 0 Å². The van der Waals surface area contributed by atoms with Gasteiger partial charge in [0, 0.05) is 10.6 Å². The topological polar surface area (TPSA) is 61.4 Å². The van der Waals surface area contributed by atoms with Gasteiger partial charge in [-0.3, -0.25) is 9.69 Å². The van der Waals surface area contributed by atoms with Gasteiger partial charge in [-0.15, -0.1) is 0 Å². The number of amides is 3. The summed E-state index contributed by atoms with van der Waals surface area (Å²) in [5, 5.41) is 6.20. The number of carbonyl (C=O) groups excluding carboxylic acids is 2. The van der Waals surface area contributed by atoms with Crippen molar-refractivity contribution in [2.24, 2.45) is 0 Å². The number of piperidine rings is 1. The Morgan fingerprint density at radius 2 is 2.00 bits per heavy atom. The van der Waals surface area contributed by atoms with E-state index in [9.17, 15) is 14.0 Å². The second-order valence-electron chi connectivity index (χ2n) is 5.39. The molecule has 2 fully saturated rings. The van der Waals surface area contributed by atoms with Gasteiger partial charge in [0.2, 0.25) is 0 Å². The molecule has 0 atom stereocenters. The maximum atomic E-state index is 13.8. The lowest BCUT2D eigenvalue weighted by Crippen LogP contribution is -2.53. The van der Waals surface area contributed by atoms with Crippen molar-refractivity contribution in [3.05, 3.63) is 34.6 Å². The normalized spacial score (nSPS) is 21.0. The lowest BCUT2D eigenvalue weighted by Gasteiger charge is -2.31. The van der Waals surface area contributed by atoms with Gasteiger partial charge in [0.25, 0.3) is 5.91 Å². The van der Waals surface area contributed by atoms with Gasteiger partial charge in [0.05, 0.1) is 6.54 Å². The standard InChI is InChI=1S/C14H15ClFN3O2/c15-10-2-1-9(11(16)7-10)8-19-12(20)14(18-13(19)21)3-5-17-6-4-14/h1-2,7,17H,3-6,8H2,(H,18,21). The summed E-state index contributed by atoms with van der Waals surface area (Å²) in [6.07, 6.45) is 1.11. The minimum atomic E-state index is -0.828. The van der Waals surface area contributed by atoms with E-state index >= 15 is 0 Å². The molecule has 5 nitrogen and oxygen atoms in total. The van der Waals surface area contributed by atoms with Crippen molar-refractivity contribution in [1.29, 1.82) is 0 Å². The Kier molecular flexibility index (Phi) is 3.59. The molecule has 1 spiro atoms. The van der Waals surface area contributed by atoms with Gasteiger partial charge >= 0.3 is 6.03 Å². The molecule has 0 unspecified atom stereocenters. The fourth-order valence-electron chi connectivity index (χ4n) is 2.83. The molecule has 2 saturated heterocycles. The largest absolute Gasteiger partial charge is 0.325 e. The van der Waals surface area contributed by atoms with Crippen LogP contribution >= 0.6 is 11.6 Å². The zero-order chi connectivity index (χ0) is 15.0. The van der Waals surface area contributed by atoms with Crippen molar-refractivity contribution in [3.63, 3.8) is 0 Å². The predicted molar refractivity (Wildman–Crippen MR) is 75.3 cm³/mol. The summed E-state index contributed by atoms with van der Waals surface area (Å²) in [6, 6.07) is 3.75. The first kappa shape index (κ1) is 14.3. The summed E-state index contributed by atoms with van der Waals surface area (Å²) >= 11 is 5.70. The van der Waals surface area contributed by atoms with E-state index in [1.165, 1.54) is 12.1 Å². The highest BCUT2D eigenvalue weighted by Crippen LogP contribution is 2.28. The Bertz CT molecular complexity index is 602. The van der Waals surface area contributed by atoms with Crippen molar-refractivity contribution < 1.29 is 14.0 Å². The van der Waals surface area contributed by atoms with E-state index in [0.717, 1.165) is 4.90 Å². The molecule has 0 aromatic heterocycles. The van der Waals surface area contributed by atoms with Gasteiger partial charge in [-0.25, -0.2) is 9.18 Å². The van der Waals surface area contributed by atoms with E-state index < -0.39 is 17.4 Å². The summed E-state index contributed by atoms with van der Waals surface area (Å²) in [5.74, 6) is -0.794. The van der Waals surface area contributed by atoms with Gasteiger partial charge in [0.1, 0.15) is 11.4 Å². The first-order valence-corrected chi connectivity index (χ1v) is 7.18. The zero-order valence-electron chi connectivity index (χ0n) is 11.3. The highest BCUT2D eigenvalue weighted by Gasteiger charge is 2.51.